The highest BCUT2D eigenvalue weighted by molar-refractivity contribution is 5.92. The van der Waals surface area contributed by atoms with Crippen LogP contribution in [-0.4, -0.2) is 32.8 Å². The van der Waals surface area contributed by atoms with E-state index in [0.29, 0.717) is 24.4 Å². The van der Waals surface area contributed by atoms with Crippen molar-refractivity contribution in [3.8, 4) is 5.75 Å². The standard InChI is InChI=1S/C19H26N2O4/c1-24-17-9-8-15(12-16(17)18(22)25-2)13-21-19(23)20-11-10-14-6-4-3-5-7-14/h6,8-9,12H,3-5,7,10-11,13H2,1-2H3,(H2,20,21,23). The first kappa shape index (κ1) is 18.8. The Morgan fingerprint density at radius 2 is 2.00 bits per heavy atom. The van der Waals surface area contributed by atoms with Gasteiger partial charge < -0.3 is 20.1 Å². The van der Waals surface area contributed by atoms with E-state index in [-0.39, 0.29) is 6.03 Å². The molecule has 6 heteroatoms. The molecule has 0 unspecified atom stereocenters. The van der Waals surface area contributed by atoms with E-state index in [0.717, 1.165) is 24.8 Å². The van der Waals surface area contributed by atoms with Gasteiger partial charge in [-0.3, -0.25) is 0 Å². The molecule has 25 heavy (non-hydrogen) atoms. The summed E-state index contributed by atoms with van der Waals surface area (Å²) in [6.07, 6.45) is 8.01. The lowest BCUT2D eigenvalue weighted by Gasteiger charge is -2.13. The molecule has 2 rings (SSSR count). The summed E-state index contributed by atoms with van der Waals surface area (Å²) >= 11 is 0. The van der Waals surface area contributed by atoms with Gasteiger partial charge in [0, 0.05) is 13.1 Å². The number of methoxy groups -OCH3 is 2. The molecule has 1 aliphatic rings. The van der Waals surface area contributed by atoms with Gasteiger partial charge in [-0.1, -0.05) is 17.7 Å². The monoisotopic (exact) mass is 346 g/mol. The number of hydrogen-bond donors (Lipinski definition) is 2. The normalized spacial score (nSPS) is 13.6. The molecule has 0 saturated carbocycles. The lowest BCUT2D eigenvalue weighted by Crippen LogP contribution is -2.35. The van der Waals surface area contributed by atoms with E-state index in [4.69, 9.17) is 9.47 Å². The van der Waals surface area contributed by atoms with Crippen molar-refractivity contribution in [2.45, 2.75) is 38.6 Å². The second kappa shape index (κ2) is 9.71. The fourth-order valence-electron chi connectivity index (χ4n) is 2.85. The van der Waals surface area contributed by atoms with Gasteiger partial charge in [-0.15, -0.1) is 0 Å². The maximum Gasteiger partial charge on any atom is 0.341 e. The Morgan fingerprint density at radius 3 is 2.68 bits per heavy atom. The molecule has 1 aromatic rings. The third-order valence-corrected chi connectivity index (χ3v) is 4.24. The number of carbonyl (C=O) groups is 2. The van der Waals surface area contributed by atoms with Crippen molar-refractivity contribution in [2.24, 2.45) is 0 Å². The van der Waals surface area contributed by atoms with Crippen LogP contribution in [0.5, 0.6) is 5.75 Å². The van der Waals surface area contributed by atoms with Crippen LogP contribution in [0.1, 0.15) is 48.0 Å². The molecule has 1 aromatic carbocycles. The minimum atomic E-state index is -0.469. The highest BCUT2D eigenvalue weighted by atomic mass is 16.5. The molecule has 0 bridgehead atoms. The number of nitrogens with one attached hydrogen (secondary N) is 2. The first-order valence-corrected chi connectivity index (χ1v) is 8.59. The van der Waals surface area contributed by atoms with Crippen molar-refractivity contribution in [1.29, 1.82) is 0 Å². The van der Waals surface area contributed by atoms with Crippen molar-refractivity contribution >= 4 is 12.0 Å². The summed E-state index contributed by atoms with van der Waals surface area (Å²) in [6, 6.07) is 4.94. The molecule has 0 atom stereocenters. The highest BCUT2D eigenvalue weighted by Gasteiger charge is 2.13. The van der Waals surface area contributed by atoms with Gasteiger partial charge in [0.1, 0.15) is 11.3 Å². The molecule has 2 N–H and O–H groups in total. The third-order valence-electron chi connectivity index (χ3n) is 4.24. The molecule has 0 fully saturated rings. The Balaban J connectivity index is 1.80. The van der Waals surface area contributed by atoms with Gasteiger partial charge in [-0.25, -0.2) is 9.59 Å². The summed E-state index contributed by atoms with van der Waals surface area (Å²) < 4.78 is 9.90. The zero-order valence-corrected chi connectivity index (χ0v) is 14.9. The average Bonchev–Trinajstić information content (AvgIpc) is 2.66. The Morgan fingerprint density at radius 1 is 1.16 bits per heavy atom. The van der Waals surface area contributed by atoms with E-state index in [1.54, 1.807) is 18.2 Å². The second-order valence-corrected chi connectivity index (χ2v) is 5.99. The minimum Gasteiger partial charge on any atom is -0.496 e. The van der Waals surface area contributed by atoms with E-state index in [9.17, 15) is 9.59 Å². The SMILES string of the molecule is COC(=O)c1cc(CNC(=O)NCCC2=CCCCC2)ccc1OC. The van der Waals surface area contributed by atoms with Gasteiger partial charge >= 0.3 is 12.0 Å². The van der Waals surface area contributed by atoms with Crippen LogP contribution in [0, 0.1) is 0 Å². The van der Waals surface area contributed by atoms with Crippen LogP contribution < -0.4 is 15.4 Å². The summed E-state index contributed by atoms with van der Waals surface area (Å²) in [5.74, 6) is -0.0234. The van der Waals surface area contributed by atoms with E-state index < -0.39 is 5.97 Å². The number of esters is 1. The Hall–Kier alpha value is -2.50. The number of allylic oxidation sites excluding steroid dienone is 1. The van der Waals surface area contributed by atoms with Crippen LogP contribution in [0.25, 0.3) is 0 Å². The number of hydrogen-bond acceptors (Lipinski definition) is 4. The first-order valence-electron chi connectivity index (χ1n) is 8.59. The molecule has 6 nitrogen and oxygen atoms in total. The van der Waals surface area contributed by atoms with Crippen LogP contribution in [0.2, 0.25) is 0 Å². The fourth-order valence-corrected chi connectivity index (χ4v) is 2.85. The molecule has 0 heterocycles. The van der Waals surface area contributed by atoms with Crippen LogP contribution >= 0.6 is 0 Å². The van der Waals surface area contributed by atoms with Crippen LogP contribution in [-0.2, 0) is 11.3 Å². The molecular weight excluding hydrogens is 320 g/mol. The summed E-state index contributed by atoms with van der Waals surface area (Å²) in [6.45, 7) is 0.955. The molecule has 0 spiro atoms. The van der Waals surface area contributed by atoms with Crippen LogP contribution in [0.15, 0.2) is 29.8 Å². The first-order chi connectivity index (χ1) is 12.1. The van der Waals surface area contributed by atoms with Crippen molar-refractivity contribution in [3.63, 3.8) is 0 Å². The number of rotatable bonds is 7. The number of urea groups is 1. The highest BCUT2D eigenvalue weighted by Crippen LogP contribution is 2.21. The van der Waals surface area contributed by atoms with E-state index in [2.05, 4.69) is 16.7 Å². The van der Waals surface area contributed by atoms with Crippen molar-refractivity contribution in [2.75, 3.05) is 20.8 Å². The largest absolute Gasteiger partial charge is 0.496 e. The predicted molar refractivity (Wildman–Crippen MR) is 95.7 cm³/mol. The third kappa shape index (κ3) is 5.81. The lowest BCUT2D eigenvalue weighted by atomic mass is 9.97. The lowest BCUT2D eigenvalue weighted by molar-refractivity contribution is 0.0597. The average molecular weight is 346 g/mol. The Kier molecular flexibility index (Phi) is 7.32. The second-order valence-electron chi connectivity index (χ2n) is 5.99. The van der Waals surface area contributed by atoms with E-state index in [1.165, 1.54) is 32.6 Å². The quantitative estimate of drug-likeness (QED) is 0.587. The molecule has 0 aromatic heterocycles. The van der Waals surface area contributed by atoms with Gasteiger partial charge in [0.15, 0.2) is 0 Å². The van der Waals surface area contributed by atoms with E-state index >= 15 is 0 Å². The Bertz CT molecular complexity index is 640. The van der Waals surface area contributed by atoms with Gasteiger partial charge in [0.25, 0.3) is 0 Å². The maximum atomic E-state index is 11.9. The summed E-state index contributed by atoms with van der Waals surface area (Å²) in [5, 5.41) is 5.66. The summed E-state index contributed by atoms with van der Waals surface area (Å²) in [4.78, 5) is 23.7. The summed E-state index contributed by atoms with van der Waals surface area (Å²) in [5.41, 5.74) is 2.57. The molecular formula is C19H26N2O4. The molecule has 0 saturated heterocycles. The molecule has 1 aliphatic carbocycles. The van der Waals surface area contributed by atoms with Crippen molar-refractivity contribution in [3.05, 3.63) is 41.0 Å². The molecule has 0 aliphatic heterocycles. The summed E-state index contributed by atoms with van der Waals surface area (Å²) in [7, 11) is 2.82. The fraction of sp³-hybridized carbons (Fsp3) is 0.474. The number of carbonyl (C=O) groups excluding carboxylic acids is 2. The smallest absolute Gasteiger partial charge is 0.341 e. The van der Waals surface area contributed by atoms with Crippen LogP contribution in [0.4, 0.5) is 4.79 Å². The zero-order chi connectivity index (χ0) is 18.1. The van der Waals surface area contributed by atoms with E-state index in [1.807, 2.05) is 0 Å². The minimum absolute atomic E-state index is 0.216. The topological polar surface area (TPSA) is 76.7 Å². The van der Waals surface area contributed by atoms with Crippen molar-refractivity contribution in [1.82, 2.24) is 10.6 Å². The number of amides is 2. The Labute approximate surface area is 148 Å². The molecule has 0 radical (unpaired) electrons. The maximum absolute atomic E-state index is 11.9. The molecule has 136 valence electrons. The molecule has 2 amide bonds. The van der Waals surface area contributed by atoms with Crippen LogP contribution in [0.3, 0.4) is 0 Å². The van der Waals surface area contributed by atoms with Gasteiger partial charge in [-0.05, 0) is 49.8 Å². The zero-order valence-electron chi connectivity index (χ0n) is 14.9. The van der Waals surface area contributed by atoms with Gasteiger partial charge in [0.2, 0.25) is 0 Å². The van der Waals surface area contributed by atoms with Gasteiger partial charge in [0.05, 0.1) is 14.2 Å². The number of ether oxygens (including phenoxy) is 2. The predicted octanol–water partition coefficient (Wildman–Crippen LogP) is 3.17. The van der Waals surface area contributed by atoms with Crippen molar-refractivity contribution < 1.29 is 19.1 Å². The number of benzene rings is 1. The van der Waals surface area contributed by atoms with Gasteiger partial charge in [-0.2, -0.15) is 0 Å².